The lowest BCUT2D eigenvalue weighted by molar-refractivity contribution is -0.385. The topological polar surface area (TPSA) is 125 Å². The standard InChI is InChI=1S/C25H20N2O7/c1-33-19-10-7-14(13-20(19)34-2)11-12-26-25(30)18-9-8-17-21(22(18)27(31)32)24(29)16-6-4-3-5-15(16)23(17)28/h3-10,13H,11-12H2,1-2H3,(H,26,30). The molecule has 0 aromatic heterocycles. The molecule has 9 heteroatoms. The zero-order valence-electron chi connectivity index (χ0n) is 18.4. The Morgan fingerprint density at radius 2 is 1.59 bits per heavy atom. The van der Waals surface area contributed by atoms with Gasteiger partial charge in [-0.15, -0.1) is 0 Å². The van der Waals surface area contributed by atoms with Crippen molar-refractivity contribution in [3.05, 3.63) is 98.1 Å². The number of carbonyl (C=O) groups is 3. The van der Waals surface area contributed by atoms with Crippen LogP contribution in [0, 0.1) is 10.1 Å². The maximum absolute atomic E-state index is 13.1. The van der Waals surface area contributed by atoms with Crippen LogP contribution >= 0.6 is 0 Å². The number of methoxy groups -OCH3 is 2. The van der Waals surface area contributed by atoms with Crippen LogP contribution in [0.1, 0.15) is 47.8 Å². The highest BCUT2D eigenvalue weighted by molar-refractivity contribution is 6.30. The lowest BCUT2D eigenvalue weighted by Crippen LogP contribution is -2.29. The van der Waals surface area contributed by atoms with Gasteiger partial charge in [-0.1, -0.05) is 30.3 Å². The maximum Gasteiger partial charge on any atom is 0.294 e. The van der Waals surface area contributed by atoms with Gasteiger partial charge in [0.05, 0.1) is 19.1 Å². The highest BCUT2D eigenvalue weighted by Gasteiger charge is 2.38. The van der Waals surface area contributed by atoms with Crippen LogP contribution in [0.2, 0.25) is 0 Å². The minimum absolute atomic E-state index is 0.0779. The molecule has 1 N–H and O–H groups in total. The van der Waals surface area contributed by atoms with Gasteiger partial charge in [-0.3, -0.25) is 24.5 Å². The second-order valence-corrected chi connectivity index (χ2v) is 7.54. The van der Waals surface area contributed by atoms with Crippen LogP contribution in [0.5, 0.6) is 11.5 Å². The molecule has 1 aliphatic rings. The molecule has 0 unspecified atom stereocenters. The average molecular weight is 460 g/mol. The zero-order valence-corrected chi connectivity index (χ0v) is 18.4. The van der Waals surface area contributed by atoms with Crippen LogP contribution in [-0.2, 0) is 6.42 Å². The fourth-order valence-electron chi connectivity index (χ4n) is 3.99. The fraction of sp³-hybridized carbons (Fsp3) is 0.160. The molecule has 172 valence electrons. The molecule has 0 atom stereocenters. The normalized spacial score (nSPS) is 11.9. The van der Waals surface area contributed by atoms with E-state index in [9.17, 15) is 24.5 Å². The van der Waals surface area contributed by atoms with Crippen molar-refractivity contribution in [1.29, 1.82) is 0 Å². The SMILES string of the molecule is COc1ccc(CCNC(=O)c2ccc3c(c2[N+](=O)[O-])C(=O)c2ccccc2C3=O)cc1OC. The molecule has 1 amide bonds. The molecule has 0 fully saturated rings. The van der Waals surface area contributed by atoms with Gasteiger partial charge in [-0.05, 0) is 36.2 Å². The number of ketones is 2. The summed E-state index contributed by atoms with van der Waals surface area (Å²) in [6.07, 6.45) is 0.426. The molecule has 0 saturated heterocycles. The average Bonchev–Trinajstić information content (AvgIpc) is 2.86. The van der Waals surface area contributed by atoms with E-state index in [1.807, 2.05) is 6.07 Å². The summed E-state index contributed by atoms with van der Waals surface area (Å²) in [6, 6.07) is 14.0. The smallest absolute Gasteiger partial charge is 0.294 e. The minimum atomic E-state index is -0.790. The fourth-order valence-corrected chi connectivity index (χ4v) is 3.99. The van der Waals surface area contributed by atoms with E-state index < -0.39 is 28.1 Å². The number of nitro benzene ring substituents is 1. The molecule has 0 saturated carbocycles. The molecule has 1 aliphatic carbocycles. The van der Waals surface area contributed by atoms with E-state index in [4.69, 9.17) is 9.47 Å². The molecular formula is C25H20N2O7. The number of fused-ring (bicyclic) bond motifs is 2. The number of nitrogens with one attached hydrogen (secondary N) is 1. The molecule has 9 nitrogen and oxygen atoms in total. The number of benzene rings is 3. The molecule has 3 aromatic carbocycles. The number of hydrogen-bond acceptors (Lipinski definition) is 7. The Labute approximate surface area is 194 Å². The first kappa shape index (κ1) is 22.7. The summed E-state index contributed by atoms with van der Waals surface area (Å²) in [7, 11) is 3.04. The number of nitro groups is 1. The number of nitrogens with zero attached hydrogens (tertiary/aromatic N) is 1. The summed E-state index contributed by atoms with van der Waals surface area (Å²) >= 11 is 0. The Kier molecular flexibility index (Phi) is 6.09. The predicted octanol–water partition coefficient (Wildman–Crippen LogP) is 3.36. The van der Waals surface area contributed by atoms with E-state index in [1.165, 1.54) is 38.5 Å². The molecule has 3 aromatic rings. The van der Waals surface area contributed by atoms with Crippen LogP contribution < -0.4 is 14.8 Å². The van der Waals surface area contributed by atoms with Gasteiger partial charge in [-0.2, -0.15) is 0 Å². The van der Waals surface area contributed by atoms with Crippen molar-refractivity contribution >= 4 is 23.2 Å². The van der Waals surface area contributed by atoms with Crippen LogP contribution in [0.15, 0.2) is 54.6 Å². The van der Waals surface area contributed by atoms with Gasteiger partial charge < -0.3 is 14.8 Å². The maximum atomic E-state index is 13.1. The van der Waals surface area contributed by atoms with Crippen LogP contribution in [0.25, 0.3) is 0 Å². The Morgan fingerprint density at radius 1 is 0.912 bits per heavy atom. The quantitative estimate of drug-likeness (QED) is 0.331. The van der Waals surface area contributed by atoms with Gasteiger partial charge >= 0.3 is 0 Å². The van der Waals surface area contributed by atoms with Crippen molar-refractivity contribution in [2.45, 2.75) is 6.42 Å². The third-order valence-electron chi connectivity index (χ3n) is 5.64. The molecule has 34 heavy (non-hydrogen) atoms. The van der Waals surface area contributed by atoms with E-state index in [-0.39, 0.29) is 34.4 Å². The highest BCUT2D eigenvalue weighted by atomic mass is 16.6. The van der Waals surface area contributed by atoms with Crippen LogP contribution in [-0.4, -0.2) is 43.2 Å². The van der Waals surface area contributed by atoms with Gasteiger partial charge in [0.25, 0.3) is 11.6 Å². The van der Waals surface area contributed by atoms with Crippen LogP contribution in [0.4, 0.5) is 5.69 Å². The summed E-state index contributed by atoms with van der Waals surface area (Å²) in [5, 5.41) is 14.6. The number of hydrogen-bond donors (Lipinski definition) is 1. The number of amides is 1. The van der Waals surface area contributed by atoms with Gasteiger partial charge in [-0.25, -0.2) is 0 Å². The van der Waals surface area contributed by atoms with Gasteiger partial charge in [0.1, 0.15) is 11.1 Å². The van der Waals surface area contributed by atoms with Crippen molar-refractivity contribution in [2.24, 2.45) is 0 Å². The first-order valence-electron chi connectivity index (χ1n) is 10.4. The van der Waals surface area contributed by atoms with E-state index in [1.54, 1.807) is 24.3 Å². The van der Waals surface area contributed by atoms with Crippen molar-refractivity contribution in [3.63, 3.8) is 0 Å². The minimum Gasteiger partial charge on any atom is -0.493 e. The van der Waals surface area contributed by atoms with E-state index >= 15 is 0 Å². The van der Waals surface area contributed by atoms with Gasteiger partial charge in [0.2, 0.25) is 5.78 Å². The first-order chi connectivity index (χ1) is 16.4. The summed E-state index contributed by atoms with van der Waals surface area (Å²) in [4.78, 5) is 49.9. The van der Waals surface area contributed by atoms with Crippen LogP contribution in [0.3, 0.4) is 0 Å². The van der Waals surface area contributed by atoms with E-state index in [0.717, 1.165) is 5.56 Å². The van der Waals surface area contributed by atoms with Crippen molar-refractivity contribution in [1.82, 2.24) is 5.32 Å². The second kappa shape index (κ2) is 9.14. The predicted molar refractivity (Wildman–Crippen MR) is 122 cm³/mol. The third-order valence-corrected chi connectivity index (χ3v) is 5.64. The molecule has 0 heterocycles. The monoisotopic (exact) mass is 460 g/mol. The Bertz CT molecular complexity index is 1350. The molecule has 0 spiro atoms. The highest BCUT2D eigenvalue weighted by Crippen LogP contribution is 2.35. The van der Waals surface area contributed by atoms with Gasteiger partial charge in [0.15, 0.2) is 17.3 Å². The number of carbonyl (C=O) groups excluding carboxylic acids is 3. The van der Waals surface area contributed by atoms with Crippen molar-refractivity contribution in [2.75, 3.05) is 20.8 Å². The number of rotatable bonds is 7. The summed E-state index contributed by atoms with van der Waals surface area (Å²) < 4.78 is 10.5. The van der Waals surface area contributed by atoms with E-state index in [2.05, 4.69) is 5.32 Å². The summed E-state index contributed by atoms with van der Waals surface area (Å²) in [6.45, 7) is 0.179. The Balaban J connectivity index is 1.60. The third kappa shape index (κ3) is 3.88. The lowest BCUT2D eigenvalue weighted by atomic mass is 9.82. The Hall–Kier alpha value is -4.53. The zero-order chi connectivity index (χ0) is 24.4. The largest absolute Gasteiger partial charge is 0.493 e. The van der Waals surface area contributed by atoms with E-state index in [0.29, 0.717) is 17.9 Å². The Morgan fingerprint density at radius 3 is 2.24 bits per heavy atom. The summed E-state index contributed by atoms with van der Waals surface area (Å²) in [5.41, 5.74) is -0.283. The summed E-state index contributed by atoms with van der Waals surface area (Å²) in [5.74, 6) is -0.749. The molecule has 0 radical (unpaired) electrons. The van der Waals surface area contributed by atoms with Crippen molar-refractivity contribution in [3.8, 4) is 11.5 Å². The number of ether oxygens (including phenoxy) is 2. The molecular weight excluding hydrogens is 440 g/mol. The van der Waals surface area contributed by atoms with Gasteiger partial charge in [0, 0.05) is 23.2 Å². The molecule has 0 bridgehead atoms. The second-order valence-electron chi connectivity index (χ2n) is 7.54. The molecule has 0 aliphatic heterocycles. The lowest BCUT2D eigenvalue weighted by Gasteiger charge is -2.18. The first-order valence-corrected chi connectivity index (χ1v) is 10.4. The van der Waals surface area contributed by atoms with Crippen molar-refractivity contribution < 1.29 is 28.8 Å². The molecule has 4 rings (SSSR count).